The summed E-state index contributed by atoms with van der Waals surface area (Å²) in [5.74, 6) is 0.219. The van der Waals surface area contributed by atoms with Crippen LogP contribution in [0.3, 0.4) is 0 Å². The summed E-state index contributed by atoms with van der Waals surface area (Å²) < 4.78 is 0. The van der Waals surface area contributed by atoms with E-state index in [-0.39, 0.29) is 5.91 Å². The van der Waals surface area contributed by atoms with E-state index < -0.39 is 0 Å². The molecule has 2 rings (SSSR count). The van der Waals surface area contributed by atoms with Gasteiger partial charge in [-0.25, -0.2) is 0 Å². The Morgan fingerprint density at radius 2 is 1.81 bits per heavy atom. The number of carbonyl (C=O) groups is 1. The van der Waals surface area contributed by atoms with Crippen LogP contribution in [0.4, 0.5) is 0 Å². The number of carbonyl (C=O) groups excluding carboxylic acids is 1. The minimum absolute atomic E-state index is 0.219. The Hall–Kier alpha value is -0.610. The second-order valence-electron chi connectivity index (χ2n) is 5.13. The van der Waals surface area contributed by atoms with Gasteiger partial charge in [0.1, 0.15) is 0 Å². The lowest BCUT2D eigenvalue weighted by Crippen LogP contribution is -2.49. The Balaban J connectivity index is 1.66. The van der Waals surface area contributed by atoms with E-state index in [9.17, 15) is 4.79 Å². The van der Waals surface area contributed by atoms with Crippen molar-refractivity contribution in [2.24, 2.45) is 0 Å². The summed E-state index contributed by atoms with van der Waals surface area (Å²) in [5, 5.41) is 3.14. The maximum absolute atomic E-state index is 11.8. The standard InChI is InChI=1S/C12H23N3O/c1-14-6-8-15(9-7-14)10-12(16)13-11-4-2-3-5-11/h11H,2-10H2,1H3,(H,13,16). The van der Waals surface area contributed by atoms with Crippen LogP contribution >= 0.6 is 0 Å². The Labute approximate surface area is 98.0 Å². The van der Waals surface area contributed by atoms with Crippen LogP contribution in [0.25, 0.3) is 0 Å². The Kier molecular flexibility index (Phi) is 4.18. The maximum Gasteiger partial charge on any atom is 0.234 e. The second-order valence-corrected chi connectivity index (χ2v) is 5.13. The molecule has 1 saturated carbocycles. The van der Waals surface area contributed by atoms with Crippen LogP contribution < -0.4 is 5.32 Å². The molecule has 4 nitrogen and oxygen atoms in total. The quantitative estimate of drug-likeness (QED) is 0.750. The summed E-state index contributed by atoms with van der Waals surface area (Å²) >= 11 is 0. The molecule has 2 aliphatic rings. The Morgan fingerprint density at radius 3 is 2.44 bits per heavy atom. The van der Waals surface area contributed by atoms with Crippen LogP contribution in [-0.4, -0.2) is 61.5 Å². The summed E-state index contributed by atoms with van der Waals surface area (Å²) in [4.78, 5) is 16.3. The number of rotatable bonds is 3. The van der Waals surface area contributed by atoms with Gasteiger partial charge in [0.25, 0.3) is 0 Å². The molecule has 0 radical (unpaired) electrons. The fraction of sp³-hybridized carbons (Fsp3) is 0.917. The van der Waals surface area contributed by atoms with Crippen LogP contribution in [-0.2, 0) is 4.79 Å². The van der Waals surface area contributed by atoms with E-state index in [1.165, 1.54) is 25.7 Å². The van der Waals surface area contributed by atoms with Gasteiger partial charge < -0.3 is 10.2 Å². The highest BCUT2D eigenvalue weighted by molar-refractivity contribution is 5.78. The van der Waals surface area contributed by atoms with Gasteiger partial charge in [-0.1, -0.05) is 12.8 Å². The van der Waals surface area contributed by atoms with Gasteiger partial charge in [0.2, 0.25) is 5.91 Å². The summed E-state index contributed by atoms with van der Waals surface area (Å²) in [6, 6.07) is 0.458. The minimum Gasteiger partial charge on any atom is -0.352 e. The average molecular weight is 225 g/mol. The predicted molar refractivity (Wildman–Crippen MR) is 64.3 cm³/mol. The SMILES string of the molecule is CN1CCN(CC(=O)NC2CCCC2)CC1. The van der Waals surface area contributed by atoms with E-state index in [1.807, 2.05) is 0 Å². The predicted octanol–water partition coefficient (Wildman–Crippen LogP) is 0.293. The van der Waals surface area contributed by atoms with Gasteiger partial charge in [0, 0.05) is 32.2 Å². The highest BCUT2D eigenvalue weighted by Crippen LogP contribution is 2.17. The molecule has 0 aromatic heterocycles. The molecule has 0 bridgehead atoms. The largest absolute Gasteiger partial charge is 0.352 e. The van der Waals surface area contributed by atoms with Crippen LogP contribution in [0.2, 0.25) is 0 Å². The molecule has 1 saturated heterocycles. The first-order chi connectivity index (χ1) is 7.74. The van der Waals surface area contributed by atoms with Crippen LogP contribution in [0.1, 0.15) is 25.7 Å². The summed E-state index contributed by atoms with van der Waals surface area (Å²) in [5.41, 5.74) is 0. The van der Waals surface area contributed by atoms with E-state index in [2.05, 4.69) is 22.2 Å². The van der Waals surface area contributed by atoms with E-state index >= 15 is 0 Å². The van der Waals surface area contributed by atoms with Crippen molar-refractivity contribution in [3.05, 3.63) is 0 Å². The lowest BCUT2D eigenvalue weighted by Gasteiger charge is -2.32. The molecule has 1 aliphatic carbocycles. The first-order valence-electron chi connectivity index (χ1n) is 6.44. The van der Waals surface area contributed by atoms with Gasteiger partial charge in [0.15, 0.2) is 0 Å². The fourth-order valence-electron chi connectivity index (χ4n) is 2.55. The molecule has 1 aliphatic heterocycles. The number of nitrogens with zero attached hydrogens (tertiary/aromatic N) is 2. The molecule has 0 aromatic carbocycles. The van der Waals surface area contributed by atoms with Gasteiger partial charge in [-0.2, -0.15) is 0 Å². The molecule has 2 fully saturated rings. The molecule has 0 spiro atoms. The van der Waals surface area contributed by atoms with Gasteiger partial charge >= 0.3 is 0 Å². The Morgan fingerprint density at radius 1 is 1.19 bits per heavy atom. The van der Waals surface area contributed by atoms with Crippen molar-refractivity contribution in [2.45, 2.75) is 31.7 Å². The molecule has 0 atom stereocenters. The van der Waals surface area contributed by atoms with Gasteiger partial charge in [-0.3, -0.25) is 9.69 Å². The maximum atomic E-state index is 11.8. The summed E-state index contributed by atoms with van der Waals surface area (Å²) in [7, 11) is 2.13. The second kappa shape index (κ2) is 5.64. The van der Waals surface area contributed by atoms with Crippen molar-refractivity contribution in [3.8, 4) is 0 Å². The molecule has 4 heteroatoms. The number of hydrogen-bond donors (Lipinski definition) is 1. The summed E-state index contributed by atoms with van der Waals surface area (Å²) in [6.45, 7) is 4.79. The highest BCUT2D eigenvalue weighted by Gasteiger charge is 2.20. The van der Waals surface area contributed by atoms with Crippen LogP contribution in [0.5, 0.6) is 0 Å². The smallest absolute Gasteiger partial charge is 0.234 e. The first-order valence-corrected chi connectivity index (χ1v) is 6.44. The molecule has 1 heterocycles. The van der Waals surface area contributed by atoms with E-state index in [0.29, 0.717) is 12.6 Å². The molecular weight excluding hydrogens is 202 g/mol. The third-order valence-corrected chi connectivity index (χ3v) is 3.68. The van der Waals surface area contributed by atoms with Crippen LogP contribution in [0.15, 0.2) is 0 Å². The van der Waals surface area contributed by atoms with Gasteiger partial charge in [0.05, 0.1) is 6.54 Å². The third-order valence-electron chi connectivity index (χ3n) is 3.68. The van der Waals surface area contributed by atoms with E-state index in [0.717, 1.165) is 26.2 Å². The first kappa shape index (κ1) is 11.9. The molecule has 92 valence electrons. The molecule has 0 unspecified atom stereocenters. The zero-order valence-corrected chi connectivity index (χ0v) is 10.2. The highest BCUT2D eigenvalue weighted by atomic mass is 16.2. The van der Waals surface area contributed by atoms with Crippen LogP contribution in [0, 0.1) is 0 Å². The van der Waals surface area contributed by atoms with E-state index in [4.69, 9.17) is 0 Å². The average Bonchev–Trinajstić information content (AvgIpc) is 2.74. The zero-order valence-electron chi connectivity index (χ0n) is 10.2. The minimum atomic E-state index is 0.219. The molecule has 1 amide bonds. The number of nitrogens with one attached hydrogen (secondary N) is 1. The van der Waals surface area contributed by atoms with Gasteiger partial charge in [-0.15, -0.1) is 0 Å². The lowest BCUT2D eigenvalue weighted by atomic mass is 10.2. The molecular formula is C12H23N3O. The lowest BCUT2D eigenvalue weighted by molar-refractivity contribution is -0.123. The monoisotopic (exact) mass is 225 g/mol. The van der Waals surface area contributed by atoms with Crippen molar-refractivity contribution in [3.63, 3.8) is 0 Å². The zero-order chi connectivity index (χ0) is 11.4. The van der Waals surface area contributed by atoms with Crippen molar-refractivity contribution >= 4 is 5.91 Å². The normalized spacial score (nSPS) is 24.8. The number of amides is 1. The molecule has 1 N–H and O–H groups in total. The third kappa shape index (κ3) is 3.46. The van der Waals surface area contributed by atoms with Crippen molar-refractivity contribution in [1.82, 2.24) is 15.1 Å². The van der Waals surface area contributed by atoms with Gasteiger partial charge in [-0.05, 0) is 19.9 Å². The fourth-order valence-corrected chi connectivity index (χ4v) is 2.55. The topological polar surface area (TPSA) is 35.6 Å². The number of hydrogen-bond acceptors (Lipinski definition) is 3. The number of likely N-dealkylation sites (N-methyl/N-ethyl adjacent to an activating group) is 1. The van der Waals surface area contributed by atoms with Crippen molar-refractivity contribution in [1.29, 1.82) is 0 Å². The van der Waals surface area contributed by atoms with Crippen molar-refractivity contribution in [2.75, 3.05) is 39.8 Å². The van der Waals surface area contributed by atoms with Crippen molar-refractivity contribution < 1.29 is 4.79 Å². The number of piperazine rings is 1. The molecule has 16 heavy (non-hydrogen) atoms. The van der Waals surface area contributed by atoms with E-state index in [1.54, 1.807) is 0 Å². The molecule has 0 aromatic rings. The Bertz CT molecular complexity index is 230. The summed E-state index contributed by atoms with van der Waals surface area (Å²) in [6.07, 6.45) is 4.90.